The first kappa shape index (κ1) is 20.3. The lowest BCUT2D eigenvalue weighted by atomic mass is 9.93. The molecule has 1 heterocycles. The highest BCUT2D eigenvalue weighted by molar-refractivity contribution is 6.07. The van der Waals surface area contributed by atoms with E-state index in [0.29, 0.717) is 28.3 Å². The smallest absolute Gasteiger partial charge is 0.319 e. The summed E-state index contributed by atoms with van der Waals surface area (Å²) in [5.74, 6) is 0.835. The molecular formula is C22H25N3O4. The maximum absolute atomic E-state index is 13.3. The van der Waals surface area contributed by atoms with Crippen molar-refractivity contribution >= 4 is 17.6 Å². The summed E-state index contributed by atoms with van der Waals surface area (Å²) in [5.41, 5.74) is 4.22. The van der Waals surface area contributed by atoms with Crippen LogP contribution in [0.3, 0.4) is 0 Å². The Balaban J connectivity index is 2.05. The molecule has 0 saturated carbocycles. The minimum atomic E-state index is -0.695. The molecule has 0 bridgehead atoms. The molecule has 1 aliphatic rings. The van der Waals surface area contributed by atoms with Gasteiger partial charge in [0.15, 0.2) is 0 Å². The van der Waals surface area contributed by atoms with Crippen molar-refractivity contribution in [3.05, 3.63) is 64.4 Å². The second kappa shape index (κ2) is 8.26. The van der Waals surface area contributed by atoms with Crippen LogP contribution in [0.25, 0.3) is 0 Å². The van der Waals surface area contributed by atoms with Crippen molar-refractivity contribution in [1.82, 2.24) is 10.6 Å². The third-order valence-electron chi connectivity index (χ3n) is 4.90. The second-order valence-electron chi connectivity index (χ2n) is 6.95. The average molecular weight is 395 g/mol. The Bertz CT molecular complexity index is 998. The number of hydrogen-bond acceptors (Lipinski definition) is 4. The second-order valence-corrected chi connectivity index (χ2v) is 6.95. The van der Waals surface area contributed by atoms with Gasteiger partial charge < -0.3 is 25.4 Å². The fraction of sp³-hybridized carbons (Fsp3) is 0.273. The van der Waals surface area contributed by atoms with Crippen LogP contribution in [0.4, 0.5) is 10.5 Å². The van der Waals surface area contributed by atoms with Crippen molar-refractivity contribution in [2.24, 2.45) is 0 Å². The van der Waals surface area contributed by atoms with E-state index in [1.54, 1.807) is 39.3 Å². The molecule has 3 N–H and O–H groups in total. The summed E-state index contributed by atoms with van der Waals surface area (Å²) in [6, 6.07) is 10.0. The molecule has 0 fully saturated rings. The minimum absolute atomic E-state index is 0.307. The Kier molecular flexibility index (Phi) is 5.77. The van der Waals surface area contributed by atoms with Crippen molar-refractivity contribution in [3.8, 4) is 11.5 Å². The largest absolute Gasteiger partial charge is 0.497 e. The molecule has 1 unspecified atom stereocenters. The van der Waals surface area contributed by atoms with Crippen molar-refractivity contribution in [2.75, 3.05) is 19.5 Å². The van der Waals surface area contributed by atoms with Gasteiger partial charge in [-0.05, 0) is 56.2 Å². The zero-order valence-corrected chi connectivity index (χ0v) is 17.2. The van der Waals surface area contributed by atoms with Crippen LogP contribution in [0.15, 0.2) is 47.7 Å². The van der Waals surface area contributed by atoms with Gasteiger partial charge in [0, 0.05) is 16.9 Å². The highest BCUT2D eigenvalue weighted by Gasteiger charge is 2.33. The number of rotatable bonds is 5. The number of benzene rings is 2. The number of hydrogen-bond donors (Lipinski definition) is 3. The van der Waals surface area contributed by atoms with Gasteiger partial charge in [0.2, 0.25) is 0 Å². The topological polar surface area (TPSA) is 88.7 Å². The highest BCUT2D eigenvalue weighted by atomic mass is 16.5. The van der Waals surface area contributed by atoms with Gasteiger partial charge in [-0.3, -0.25) is 4.79 Å². The summed E-state index contributed by atoms with van der Waals surface area (Å²) in [6.45, 7) is 5.60. The molecule has 29 heavy (non-hydrogen) atoms. The molecule has 3 rings (SSSR count). The van der Waals surface area contributed by atoms with Gasteiger partial charge >= 0.3 is 6.03 Å². The van der Waals surface area contributed by atoms with Crippen molar-refractivity contribution < 1.29 is 19.1 Å². The van der Waals surface area contributed by atoms with E-state index in [2.05, 4.69) is 16.0 Å². The first-order chi connectivity index (χ1) is 13.8. The molecule has 0 spiro atoms. The van der Waals surface area contributed by atoms with E-state index in [1.807, 2.05) is 32.0 Å². The minimum Gasteiger partial charge on any atom is -0.497 e. The van der Waals surface area contributed by atoms with Crippen LogP contribution in [-0.2, 0) is 4.79 Å². The predicted molar refractivity (Wildman–Crippen MR) is 111 cm³/mol. The summed E-state index contributed by atoms with van der Waals surface area (Å²) in [6.07, 6.45) is 0. The predicted octanol–water partition coefficient (Wildman–Crippen LogP) is 3.59. The Morgan fingerprint density at radius 1 is 1.03 bits per heavy atom. The Hall–Kier alpha value is -3.48. The molecule has 1 aliphatic heterocycles. The van der Waals surface area contributed by atoms with Gasteiger partial charge in [-0.2, -0.15) is 0 Å². The van der Waals surface area contributed by atoms with Crippen LogP contribution in [0.2, 0.25) is 0 Å². The van der Waals surface area contributed by atoms with E-state index < -0.39 is 6.04 Å². The number of anilines is 1. The SMILES string of the molecule is COc1ccc(OC)c(C2NC(=O)NC(C)=C2C(=O)Nc2cc(C)ccc2C)c1. The number of nitrogens with one attached hydrogen (secondary N) is 3. The first-order valence-electron chi connectivity index (χ1n) is 9.23. The standard InChI is InChI=1S/C22H25N3O4/c1-12-6-7-13(2)17(10-12)24-21(26)19-14(3)23-22(27)25-20(19)16-11-15(28-4)8-9-18(16)29-5/h6-11,20H,1-5H3,(H,24,26)(H2,23,25,27). The van der Waals surface area contributed by atoms with Gasteiger partial charge in [0.1, 0.15) is 11.5 Å². The van der Waals surface area contributed by atoms with E-state index >= 15 is 0 Å². The third kappa shape index (κ3) is 4.18. The van der Waals surface area contributed by atoms with Crippen LogP contribution in [0.1, 0.15) is 29.7 Å². The van der Waals surface area contributed by atoms with Gasteiger partial charge in [0.05, 0.1) is 25.8 Å². The summed E-state index contributed by atoms with van der Waals surface area (Å²) >= 11 is 0. The van der Waals surface area contributed by atoms with Crippen molar-refractivity contribution in [1.29, 1.82) is 0 Å². The fourth-order valence-electron chi connectivity index (χ4n) is 3.35. The molecule has 1 atom stereocenters. The van der Waals surface area contributed by atoms with Crippen LogP contribution >= 0.6 is 0 Å². The summed E-state index contributed by atoms with van der Waals surface area (Å²) in [4.78, 5) is 25.4. The molecular weight excluding hydrogens is 370 g/mol. The van der Waals surface area contributed by atoms with E-state index in [9.17, 15) is 9.59 Å². The van der Waals surface area contributed by atoms with Crippen molar-refractivity contribution in [3.63, 3.8) is 0 Å². The lowest BCUT2D eigenvalue weighted by Crippen LogP contribution is -2.46. The fourth-order valence-corrected chi connectivity index (χ4v) is 3.35. The molecule has 0 radical (unpaired) electrons. The molecule has 7 nitrogen and oxygen atoms in total. The third-order valence-corrected chi connectivity index (χ3v) is 4.90. The Morgan fingerprint density at radius 3 is 2.48 bits per heavy atom. The number of carbonyl (C=O) groups excluding carboxylic acids is 2. The monoisotopic (exact) mass is 395 g/mol. The van der Waals surface area contributed by atoms with Crippen LogP contribution < -0.4 is 25.4 Å². The number of allylic oxidation sites excluding steroid dienone is 1. The van der Waals surface area contributed by atoms with Crippen LogP contribution in [-0.4, -0.2) is 26.2 Å². The molecule has 3 amide bonds. The molecule has 2 aromatic carbocycles. The van der Waals surface area contributed by atoms with E-state index in [-0.39, 0.29) is 11.9 Å². The van der Waals surface area contributed by atoms with Crippen molar-refractivity contribution in [2.45, 2.75) is 26.8 Å². The van der Waals surface area contributed by atoms with E-state index in [0.717, 1.165) is 16.8 Å². The number of urea groups is 1. The zero-order valence-electron chi connectivity index (χ0n) is 17.2. The van der Waals surface area contributed by atoms with Gasteiger partial charge in [0.25, 0.3) is 5.91 Å². The molecule has 0 saturated heterocycles. The van der Waals surface area contributed by atoms with Gasteiger partial charge in [-0.1, -0.05) is 12.1 Å². The first-order valence-corrected chi connectivity index (χ1v) is 9.23. The average Bonchev–Trinajstić information content (AvgIpc) is 2.69. The summed E-state index contributed by atoms with van der Waals surface area (Å²) < 4.78 is 10.8. The number of carbonyl (C=O) groups is 2. The Morgan fingerprint density at radius 2 is 1.79 bits per heavy atom. The quantitative estimate of drug-likeness (QED) is 0.722. The number of amides is 3. The molecule has 0 aliphatic carbocycles. The van der Waals surface area contributed by atoms with E-state index in [4.69, 9.17) is 9.47 Å². The number of ether oxygens (including phenoxy) is 2. The van der Waals surface area contributed by atoms with Crippen LogP contribution in [0, 0.1) is 13.8 Å². The normalized spacial score (nSPS) is 16.0. The molecule has 2 aromatic rings. The highest BCUT2D eigenvalue weighted by Crippen LogP contribution is 2.36. The van der Waals surface area contributed by atoms with Gasteiger partial charge in [-0.25, -0.2) is 4.79 Å². The molecule has 0 aromatic heterocycles. The van der Waals surface area contributed by atoms with E-state index in [1.165, 1.54) is 0 Å². The summed E-state index contributed by atoms with van der Waals surface area (Å²) in [7, 11) is 3.10. The zero-order chi connectivity index (χ0) is 21.1. The molecule has 7 heteroatoms. The van der Waals surface area contributed by atoms with Crippen LogP contribution in [0.5, 0.6) is 11.5 Å². The lowest BCUT2D eigenvalue weighted by molar-refractivity contribution is -0.113. The maximum atomic E-state index is 13.3. The summed E-state index contributed by atoms with van der Waals surface area (Å²) in [5, 5.41) is 8.48. The molecule has 152 valence electrons. The van der Waals surface area contributed by atoms with Gasteiger partial charge in [-0.15, -0.1) is 0 Å². The number of aryl methyl sites for hydroxylation is 2. The Labute approximate surface area is 170 Å². The lowest BCUT2D eigenvalue weighted by Gasteiger charge is -2.30. The maximum Gasteiger partial charge on any atom is 0.319 e. The number of methoxy groups -OCH3 is 2.